The molecule has 0 saturated heterocycles. The molecule has 1 saturated carbocycles. The first-order valence-electron chi connectivity index (χ1n) is 6.89. The maximum atomic E-state index is 4.46. The summed E-state index contributed by atoms with van der Waals surface area (Å²) in [5.41, 5.74) is 3.76. The van der Waals surface area contributed by atoms with Crippen molar-refractivity contribution in [3.63, 3.8) is 0 Å². The number of hydrogen-bond donors (Lipinski definition) is 1. The van der Waals surface area contributed by atoms with Gasteiger partial charge in [-0.05, 0) is 30.9 Å². The molecule has 1 aromatic carbocycles. The van der Waals surface area contributed by atoms with Crippen molar-refractivity contribution in [1.29, 1.82) is 0 Å². The van der Waals surface area contributed by atoms with Gasteiger partial charge in [0.25, 0.3) is 0 Å². The Bertz CT molecular complexity index is 544. The van der Waals surface area contributed by atoms with Crippen molar-refractivity contribution in [2.75, 3.05) is 0 Å². The van der Waals surface area contributed by atoms with Crippen LogP contribution in [0.4, 0.5) is 0 Å². The monoisotopic (exact) mass is 253 g/mol. The number of nitrogens with zero attached hydrogens (tertiary/aromatic N) is 2. The van der Waals surface area contributed by atoms with Crippen LogP contribution in [0.1, 0.15) is 35.4 Å². The molecule has 0 unspecified atom stereocenters. The van der Waals surface area contributed by atoms with Crippen molar-refractivity contribution in [2.45, 2.75) is 38.8 Å². The molecule has 1 N–H and O–H groups in total. The molecule has 0 spiro atoms. The fraction of sp³-hybridized carbons (Fsp3) is 0.375. The van der Waals surface area contributed by atoms with Crippen LogP contribution in [-0.4, -0.2) is 16.0 Å². The summed E-state index contributed by atoms with van der Waals surface area (Å²) in [6.07, 6.45) is 7.31. The van der Waals surface area contributed by atoms with E-state index in [1.165, 1.54) is 29.5 Å². The molecule has 2 aromatic rings. The van der Waals surface area contributed by atoms with Gasteiger partial charge in [0.05, 0.1) is 0 Å². The molecule has 98 valence electrons. The summed E-state index contributed by atoms with van der Waals surface area (Å²) in [6, 6.07) is 9.12. The van der Waals surface area contributed by atoms with Crippen LogP contribution >= 0.6 is 0 Å². The lowest BCUT2D eigenvalue weighted by atomic mass is 10.1. The summed E-state index contributed by atoms with van der Waals surface area (Å²) in [7, 11) is 0. The Morgan fingerprint density at radius 2 is 1.89 bits per heavy atom. The summed E-state index contributed by atoms with van der Waals surface area (Å²) in [6.45, 7) is 3.01. The predicted octanol–water partition coefficient (Wildman–Crippen LogP) is 2.63. The zero-order chi connectivity index (χ0) is 13.1. The highest BCUT2D eigenvalue weighted by Gasteiger charge is 2.19. The minimum atomic E-state index is 0.728. The zero-order valence-corrected chi connectivity index (χ0v) is 11.3. The van der Waals surface area contributed by atoms with Crippen LogP contribution in [0.2, 0.25) is 0 Å². The first-order valence-corrected chi connectivity index (χ1v) is 6.89. The SMILES string of the molecule is Cc1ccccc1Cc1ncc(CNC2CC2)cn1. The number of rotatable bonds is 5. The van der Waals surface area contributed by atoms with Gasteiger partial charge < -0.3 is 5.32 Å². The number of hydrogen-bond acceptors (Lipinski definition) is 3. The fourth-order valence-corrected chi connectivity index (χ4v) is 2.09. The van der Waals surface area contributed by atoms with Crippen LogP contribution in [-0.2, 0) is 13.0 Å². The third kappa shape index (κ3) is 3.38. The highest BCUT2D eigenvalue weighted by atomic mass is 15.0. The van der Waals surface area contributed by atoms with E-state index in [2.05, 4.69) is 46.5 Å². The fourth-order valence-electron chi connectivity index (χ4n) is 2.09. The number of nitrogens with one attached hydrogen (secondary N) is 1. The molecule has 1 aliphatic rings. The van der Waals surface area contributed by atoms with Crippen LogP contribution in [0.3, 0.4) is 0 Å². The summed E-state index contributed by atoms with van der Waals surface area (Å²) >= 11 is 0. The maximum absolute atomic E-state index is 4.46. The summed E-state index contributed by atoms with van der Waals surface area (Å²) in [5, 5.41) is 3.47. The van der Waals surface area contributed by atoms with E-state index >= 15 is 0 Å². The molecule has 1 aromatic heterocycles. The van der Waals surface area contributed by atoms with E-state index in [1.54, 1.807) is 0 Å². The molecule has 19 heavy (non-hydrogen) atoms. The smallest absolute Gasteiger partial charge is 0.132 e. The van der Waals surface area contributed by atoms with Crippen LogP contribution in [0.15, 0.2) is 36.7 Å². The van der Waals surface area contributed by atoms with Crippen molar-refractivity contribution in [2.24, 2.45) is 0 Å². The van der Waals surface area contributed by atoms with Gasteiger partial charge in [-0.25, -0.2) is 9.97 Å². The predicted molar refractivity (Wildman–Crippen MR) is 75.9 cm³/mol. The van der Waals surface area contributed by atoms with E-state index in [4.69, 9.17) is 0 Å². The highest BCUT2D eigenvalue weighted by Crippen LogP contribution is 2.19. The summed E-state index contributed by atoms with van der Waals surface area (Å²) in [4.78, 5) is 8.92. The lowest BCUT2D eigenvalue weighted by molar-refractivity contribution is 0.681. The van der Waals surface area contributed by atoms with Crippen molar-refractivity contribution in [1.82, 2.24) is 15.3 Å². The maximum Gasteiger partial charge on any atom is 0.132 e. The average Bonchev–Trinajstić information content (AvgIpc) is 3.25. The minimum Gasteiger partial charge on any atom is -0.310 e. The minimum absolute atomic E-state index is 0.728. The Balaban J connectivity index is 1.63. The second kappa shape index (κ2) is 5.49. The molecule has 0 amide bonds. The third-order valence-electron chi connectivity index (χ3n) is 3.54. The van der Waals surface area contributed by atoms with Gasteiger partial charge in [-0.15, -0.1) is 0 Å². The second-order valence-corrected chi connectivity index (χ2v) is 5.27. The van der Waals surface area contributed by atoms with Gasteiger partial charge in [-0.2, -0.15) is 0 Å². The molecule has 1 aliphatic carbocycles. The van der Waals surface area contributed by atoms with Crippen LogP contribution in [0, 0.1) is 6.92 Å². The molecule has 3 heteroatoms. The third-order valence-corrected chi connectivity index (χ3v) is 3.54. The Kier molecular flexibility index (Phi) is 3.56. The van der Waals surface area contributed by atoms with Crippen molar-refractivity contribution in [3.05, 3.63) is 59.2 Å². The molecular formula is C16H19N3. The van der Waals surface area contributed by atoms with Gasteiger partial charge >= 0.3 is 0 Å². The quantitative estimate of drug-likeness (QED) is 0.890. The van der Waals surface area contributed by atoms with Gasteiger partial charge in [-0.3, -0.25) is 0 Å². The van der Waals surface area contributed by atoms with Crippen LogP contribution in [0.5, 0.6) is 0 Å². The number of aromatic nitrogens is 2. The highest BCUT2D eigenvalue weighted by molar-refractivity contribution is 5.28. The van der Waals surface area contributed by atoms with E-state index in [-0.39, 0.29) is 0 Å². The zero-order valence-electron chi connectivity index (χ0n) is 11.3. The lowest BCUT2D eigenvalue weighted by Crippen LogP contribution is -2.15. The van der Waals surface area contributed by atoms with Crippen molar-refractivity contribution >= 4 is 0 Å². The standard InChI is InChI=1S/C16H19N3/c1-12-4-2-3-5-14(12)8-16-18-10-13(11-19-16)9-17-15-6-7-15/h2-5,10-11,15,17H,6-9H2,1H3. The normalized spacial score (nSPS) is 14.6. The lowest BCUT2D eigenvalue weighted by Gasteiger charge is -2.06. The molecule has 3 rings (SSSR count). The summed E-state index contributed by atoms with van der Waals surface area (Å²) < 4.78 is 0. The number of benzene rings is 1. The number of aryl methyl sites for hydroxylation is 1. The van der Waals surface area contributed by atoms with Gasteiger partial charge in [0.15, 0.2) is 0 Å². The van der Waals surface area contributed by atoms with Gasteiger partial charge in [0.2, 0.25) is 0 Å². The average molecular weight is 253 g/mol. The van der Waals surface area contributed by atoms with Crippen LogP contribution in [0.25, 0.3) is 0 Å². The Morgan fingerprint density at radius 3 is 2.58 bits per heavy atom. The van der Waals surface area contributed by atoms with E-state index < -0.39 is 0 Å². The van der Waals surface area contributed by atoms with Crippen LogP contribution < -0.4 is 5.32 Å². The Morgan fingerprint density at radius 1 is 1.16 bits per heavy atom. The van der Waals surface area contributed by atoms with Gasteiger partial charge in [0.1, 0.15) is 5.82 Å². The van der Waals surface area contributed by atoms with Crippen molar-refractivity contribution < 1.29 is 0 Å². The van der Waals surface area contributed by atoms with Crippen molar-refractivity contribution in [3.8, 4) is 0 Å². The van der Waals surface area contributed by atoms with Gasteiger partial charge in [-0.1, -0.05) is 24.3 Å². The first kappa shape index (κ1) is 12.3. The van der Waals surface area contributed by atoms with E-state index in [1.807, 2.05) is 12.4 Å². The molecule has 0 aliphatic heterocycles. The molecule has 1 heterocycles. The van der Waals surface area contributed by atoms with Gasteiger partial charge in [0, 0.05) is 37.0 Å². The Hall–Kier alpha value is -1.74. The molecule has 0 atom stereocenters. The topological polar surface area (TPSA) is 37.8 Å². The van der Waals surface area contributed by atoms with E-state index in [9.17, 15) is 0 Å². The molecule has 0 bridgehead atoms. The molecular weight excluding hydrogens is 234 g/mol. The second-order valence-electron chi connectivity index (χ2n) is 5.27. The van der Waals surface area contributed by atoms with E-state index in [0.29, 0.717) is 0 Å². The Labute approximate surface area is 114 Å². The summed E-state index contributed by atoms with van der Waals surface area (Å²) in [5.74, 6) is 0.893. The largest absolute Gasteiger partial charge is 0.310 e. The molecule has 0 radical (unpaired) electrons. The molecule has 3 nitrogen and oxygen atoms in total. The van der Waals surface area contributed by atoms with E-state index in [0.717, 1.165) is 24.8 Å². The molecule has 1 fully saturated rings. The first-order chi connectivity index (χ1) is 9.31.